The van der Waals surface area contributed by atoms with Crippen molar-refractivity contribution in [3.8, 4) is 0 Å². The second-order valence-corrected chi connectivity index (χ2v) is 2.94. The minimum Gasteiger partial charge on any atom is -0.409 e. The molecule has 0 aromatic rings. The average molecular weight is 189 g/mol. The Hall–Kier alpha value is -0.810. The van der Waals surface area contributed by atoms with Crippen LogP contribution in [0.4, 0.5) is 0 Å². The van der Waals surface area contributed by atoms with E-state index in [0.29, 0.717) is 13.1 Å². The van der Waals surface area contributed by atoms with Crippen molar-refractivity contribution in [1.82, 2.24) is 4.90 Å². The normalized spacial score (nSPS) is 12.4. The number of hydrogen-bond acceptors (Lipinski definition) is 4. The van der Waals surface area contributed by atoms with E-state index in [0.717, 1.165) is 19.4 Å². The maximum atomic E-state index is 8.74. The summed E-state index contributed by atoms with van der Waals surface area (Å²) >= 11 is 0. The fourth-order valence-corrected chi connectivity index (χ4v) is 1.05. The molecule has 0 aromatic carbocycles. The molecule has 0 spiro atoms. The molecule has 0 saturated carbocycles. The number of unbranched alkanes of at least 4 members (excludes halogenated alkanes) is 1. The van der Waals surface area contributed by atoms with Crippen LogP contribution in [0.2, 0.25) is 0 Å². The SMILES string of the molecule is CCCCN(CCO)CC(N)=NO. The lowest BCUT2D eigenvalue weighted by Crippen LogP contribution is -2.36. The molecule has 0 aromatic heterocycles. The predicted octanol–water partition coefficient (Wildman–Crippen LogP) is -0.173. The van der Waals surface area contributed by atoms with E-state index >= 15 is 0 Å². The molecule has 13 heavy (non-hydrogen) atoms. The second-order valence-electron chi connectivity index (χ2n) is 2.94. The molecule has 0 rings (SSSR count). The predicted molar refractivity (Wildman–Crippen MR) is 51.8 cm³/mol. The maximum Gasteiger partial charge on any atom is 0.153 e. The molecule has 0 bridgehead atoms. The smallest absolute Gasteiger partial charge is 0.153 e. The zero-order valence-electron chi connectivity index (χ0n) is 8.11. The van der Waals surface area contributed by atoms with Crippen molar-refractivity contribution in [1.29, 1.82) is 0 Å². The summed E-state index contributed by atoms with van der Waals surface area (Å²) in [5.41, 5.74) is 5.35. The summed E-state index contributed by atoms with van der Waals surface area (Å²) in [6, 6.07) is 0. The Kier molecular flexibility index (Phi) is 7.33. The molecule has 78 valence electrons. The minimum absolute atomic E-state index is 0.0996. The molecule has 0 aliphatic heterocycles. The zero-order chi connectivity index (χ0) is 10.1. The van der Waals surface area contributed by atoms with Crippen molar-refractivity contribution in [2.24, 2.45) is 10.9 Å². The topological polar surface area (TPSA) is 82.1 Å². The highest BCUT2D eigenvalue weighted by molar-refractivity contribution is 5.81. The minimum atomic E-state index is 0.0996. The van der Waals surface area contributed by atoms with Crippen LogP contribution in [0.3, 0.4) is 0 Å². The molecule has 0 aliphatic carbocycles. The lowest BCUT2D eigenvalue weighted by Gasteiger charge is -2.19. The number of aliphatic hydroxyl groups is 1. The van der Waals surface area contributed by atoms with Crippen LogP contribution >= 0.6 is 0 Å². The van der Waals surface area contributed by atoms with Gasteiger partial charge in [0.1, 0.15) is 0 Å². The molecule has 0 heterocycles. The summed E-state index contributed by atoms with van der Waals surface area (Å²) in [5.74, 6) is 0.185. The van der Waals surface area contributed by atoms with E-state index in [-0.39, 0.29) is 12.4 Å². The van der Waals surface area contributed by atoms with Crippen molar-refractivity contribution in [3.63, 3.8) is 0 Å². The van der Waals surface area contributed by atoms with Gasteiger partial charge >= 0.3 is 0 Å². The Labute approximate surface area is 78.8 Å². The van der Waals surface area contributed by atoms with Gasteiger partial charge in [-0.1, -0.05) is 18.5 Å². The Morgan fingerprint density at radius 2 is 2.15 bits per heavy atom. The second kappa shape index (κ2) is 7.82. The van der Waals surface area contributed by atoms with Crippen molar-refractivity contribution in [3.05, 3.63) is 0 Å². The molecule has 4 N–H and O–H groups in total. The molecule has 5 heteroatoms. The van der Waals surface area contributed by atoms with Crippen LogP contribution in [0.25, 0.3) is 0 Å². The van der Waals surface area contributed by atoms with E-state index in [9.17, 15) is 0 Å². The fraction of sp³-hybridized carbons (Fsp3) is 0.875. The van der Waals surface area contributed by atoms with E-state index in [1.807, 2.05) is 4.90 Å². The molecule has 0 saturated heterocycles. The number of oxime groups is 1. The van der Waals surface area contributed by atoms with E-state index in [2.05, 4.69) is 12.1 Å². The number of amidine groups is 1. The molecule has 0 fully saturated rings. The summed E-state index contributed by atoms with van der Waals surface area (Å²) in [5, 5.41) is 20.0. The van der Waals surface area contributed by atoms with Crippen molar-refractivity contribution < 1.29 is 10.3 Å². The molecule has 0 aliphatic rings. The lowest BCUT2D eigenvalue weighted by molar-refractivity contribution is 0.208. The molecule has 0 amide bonds. The van der Waals surface area contributed by atoms with Gasteiger partial charge in [-0.2, -0.15) is 0 Å². The molecule has 0 unspecified atom stereocenters. The highest BCUT2D eigenvalue weighted by Crippen LogP contribution is 1.94. The summed E-state index contributed by atoms with van der Waals surface area (Å²) in [6.45, 7) is 4.05. The molecular weight excluding hydrogens is 170 g/mol. The summed E-state index contributed by atoms with van der Waals surface area (Å²) in [7, 11) is 0. The Morgan fingerprint density at radius 3 is 2.62 bits per heavy atom. The quantitative estimate of drug-likeness (QED) is 0.225. The van der Waals surface area contributed by atoms with Gasteiger partial charge in [0.25, 0.3) is 0 Å². The number of hydrogen-bond donors (Lipinski definition) is 3. The highest BCUT2D eigenvalue weighted by atomic mass is 16.4. The van der Waals surface area contributed by atoms with E-state index in [1.54, 1.807) is 0 Å². The Morgan fingerprint density at radius 1 is 1.46 bits per heavy atom. The molecule has 0 atom stereocenters. The van der Waals surface area contributed by atoms with Gasteiger partial charge in [0.05, 0.1) is 13.2 Å². The molecular formula is C8H19N3O2. The molecule has 5 nitrogen and oxygen atoms in total. The monoisotopic (exact) mass is 189 g/mol. The van der Waals surface area contributed by atoms with Crippen molar-refractivity contribution in [2.45, 2.75) is 19.8 Å². The van der Waals surface area contributed by atoms with Gasteiger partial charge < -0.3 is 16.0 Å². The fourth-order valence-electron chi connectivity index (χ4n) is 1.05. The summed E-state index contributed by atoms with van der Waals surface area (Å²) in [6.07, 6.45) is 2.15. The average Bonchev–Trinajstić information content (AvgIpc) is 2.14. The first-order valence-corrected chi connectivity index (χ1v) is 4.54. The van der Waals surface area contributed by atoms with Crippen LogP contribution in [-0.2, 0) is 0 Å². The Bertz CT molecular complexity index is 150. The number of nitrogens with two attached hydrogens (primary N) is 1. The van der Waals surface area contributed by atoms with Gasteiger partial charge in [0, 0.05) is 6.54 Å². The van der Waals surface area contributed by atoms with E-state index in [1.165, 1.54) is 0 Å². The summed E-state index contributed by atoms with van der Waals surface area (Å²) in [4.78, 5) is 1.96. The van der Waals surface area contributed by atoms with Gasteiger partial charge in [0.15, 0.2) is 5.84 Å². The first kappa shape index (κ1) is 12.2. The first-order chi connectivity index (χ1) is 6.24. The van der Waals surface area contributed by atoms with Gasteiger partial charge in [-0.25, -0.2) is 0 Å². The van der Waals surface area contributed by atoms with Crippen LogP contribution in [0.1, 0.15) is 19.8 Å². The van der Waals surface area contributed by atoms with Crippen LogP contribution in [0.15, 0.2) is 5.16 Å². The number of rotatable bonds is 7. The third kappa shape index (κ3) is 6.36. The van der Waals surface area contributed by atoms with E-state index in [4.69, 9.17) is 16.0 Å². The summed E-state index contributed by atoms with van der Waals surface area (Å²) < 4.78 is 0. The van der Waals surface area contributed by atoms with Gasteiger partial charge in [-0.15, -0.1) is 0 Å². The largest absolute Gasteiger partial charge is 0.409 e. The van der Waals surface area contributed by atoms with Crippen molar-refractivity contribution in [2.75, 3.05) is 26.2 Å². The van der Waals surface area contributed by atoms with E-state index < -0.39 is 0 Å². The maximum absolute atomic E-state index is 8.74. The lowest BCUT2D eigenvalue weighted by atomic mass is 10.3. The number of nitrogens with zero attached hydrogens (tertiary/aromatic N) is 2. The van der Waals surface area contributed by atoms with Crippen molar-refractivity contribution >= 4 is 5.84 Å². The third-order valence-corrected chi connectivity index (χ3v) is 1.76. The number of aliphatic hydroxyl groups excluding tert-OH is 1. The van der Waals surface area contributed by atoms with Crippen LogP contribution < -0.4 is 5.73 Å². The highest BCUT2D eigenvalue weighted by Gasteiger charge is 2.05. The van der Waals surface area contributed by atoms with Gasteiger partial charge in [-0.05, 0) is 13.0 Å². The zero-order valence-corrected chi connectivity index (χ0v) is 8.11. The first-order valence-electron chi connectivity index (χ1n) is 4.54. The van der Waals surface area contributed by atoms with Crippen LogP contribution in [0.5, 0.6) is 0 Å². The standard InChI is InChI=1S/C8H19N3O2/c1-2-3-4-11(5-6-12)7-8(9)10-13/h12-13H,2-7H2,1H3,(H2,9,10). The van der Waals surface area contributed by atoms with Gasteiger partial charge in [0.2, 0.25) is 0 Å². The van der Waals surface area contributed by atoms with Crippen LogP contribution in [0, 0.1) is 0 Å². The Balaban J connectivity index is 3.79. The third-order valence-electron chi connectivity index (χ3n) is 1.76. The van der Waals surface area contributed by atoms with Crippen LogP contribution in [-0.4, -0.2) is 47.3 Å². The van der Waals surface area contributed by atoms with Gasteiger partial charge in [-0.3, -0.25) is 4.90 Å². The molecule has 0 radical (unpaired) electrons.